The molecular formula is C16H14NO3S-. The van der Waals surface area contributed by atoms with Gasteiger partial charge in [-0.2, -0.15) is 0 Å². The molecule has 3 rings (SSSR count). The molecule has 0 aliphatic carbocycles. The third-order valence-corrected chi connectivity index (χ3v) is 3.75. The molecule has 5 heteroatoms. The number of aryl methyl sites for hydroxylation is 1. The van der Waals surface area contributed by atoms with Gasteiger partial charge in [0, 0.05) is 28.3 Å². The highest BCUT2D eigenvalue weighted by Crippen LogP contribution is 2.34. The number of hydrogen-bond acceptors (Lipinski definition) is 4. The summed E-state index contributed by atoms with van der Waals surface area (Å²) in [7, 11) is 0. The number of benzene rings is 2. The van der Waals surface area contributed by atoms with Gasteiger partial charge in [-0.3, -0.25) is 4.21 Å². The van der Waals surface area contributed by atoms with Crippen LogP contribution in [0.3, 0.4) is 0 Å². The third kappa shape index (κ3) is 2.84. The molecule has 0 radical (unpaired) electrons. The summed E-state index contributed by atoms with van der Waals surface area (Å²) in [5.74, 6) is 0.728. The molecule has 1 atom stereocenters. The van der Waals surface area contributed by atoms with Crippen molar-refractivity contribution in [1.82, 2.24) is 0 Å². The van der Waals surface area contributed by atoms with Crippen LogP contribution in [0.5, 0.6) is 0 Å². The van der Waals surface area contributed by atoms with Crippen LogP contribution in [0, 0.1) is 6.92 Å². The Balaban J connectivity index is 2.01. The summed E-state index contributed by atoms with van der Waals surface area (Å²) in [5.41, 5.74) is 3.57. The van der Waals surface area contributed by atoms with Gasteiger partial charge in [0.2, 0.25) is 0 Å². The van der Waals surface area contributed by atoms with E-state index in [9.17, 15) is 8.76 Å². The van der Waals surface area contributed by atoms with E-state index in [-0.39, 0.29) is 5.88 Å². The maximum absolute atomic E-state index is 10.6. The SMILES string of the molecule is Cc1c(-c2ccccc2)oc2cc(NCS(=O)[O-])ccc12. The molecule has 108 valence electrons. The Labute approximate surface area is 125 Å². The van der Waals surface area contributed by atoms with E-state index in [1.165, 1.54) is 0 Å². The first-order valence-corrected chi connectivity index (χ1v) is 7.78. The lowest BCUT2D eigenvalue weighted by atomic mass is 10.1. The number of nitrogens with one attached hydrogen (secondary N) is 1. The minimum atomic E-state index is -2.12. The number of rotatable bonds is 4. The van der Waals surface area contributed by atoms with Crippen molar-refractivity contribution in [2.24, 2.45) is 0 Å². The summed E-state index contributed by atoms with van der Waals surface area (Å²) in [6, 6.07) is 15.5. The second-order valence-corrected chi connectivity index (χ2v) is 5.65. The number of fused-ring (bicyclic) bond motifs is 1. The van der Waals surface area contributed by atoms with Gasteiger partial charge in [-0.25, -0.2) is 0 Å². The van der Waals surface area contributed by atoms with Crippen molar-refractivity contribution in [3.8, 4) is 11.3 Å². The van der Waals surface area contributed by atoms with Gasteiger partial charge in [0.15, 0.2) is 0 Å². The van der Waals surface area contributed by atoms with Gasteiger partial charge < -0.3 is 14.3 Å². The largest absolute Gasteiger partial charge is 0.771 e. The van der Waals surface area contributed by atoms with Crippen molar-refractivity contribution in [1.29, 1.82) is 0 Å². The highest BCUT2D eigenvalue weighted by molar-refractivity contribution is 7.79. The van der Waals surface area contributed by atoms with Crippen molar-refractivity contribution in [2.75, 3.05) is 11.2 Å². The van der Waals surface area contributed by atoms with Gasteiger partial charge >= 0.3 is 0 Å². The van der Waals surface area contributed by atoms with E-state index in [4.69, 9.17) is 4.42 Å². The molecular weight excluding hydrogens is 286 g/mol. The lowest BCUT2D eigenvalue weighted by molar-refractivity contribution is 0.539. The van der Waals surface area contributed by atoms with Crippen LogP contribution in [0.1, 0.15) is 5.56 Å². The van der Waals surface area contributed by atoms with Crippen molar-refractivity contribution in [3.05, 3.63) is 54.1 Å². The molecule has 0 aliphatic heterocycles. The van der Waals surface area contributed by atoms with E-state index in [2.05, 4.69) is 5.32 Å². The zero-order valence-electron chi connectivity index (χ0n) is 11.5. The third-order valence-electron chi connectivity index (χ3n) is 3.37. The van der Waals surface area contributed by atoms with Gasteiger partial charge in [-0.1, -0.05) is 30.3 Å². The van der Waals surface area contributed by atoms with Crippen LogP contribution in [-0.4, -0.2) is 14.6 Å². The van der Waals surface area contributed by atoms with E-state index < -0.39 is 11.1 Å². The Morgan fingerprint density at radius 3 is 2.67 bits per heavy atom. The van der Waals surface area contributed by atoms with Crippen LogP contribution in [0.2, 0.25) is 0 Å². The molecule has 0 amide bonds. The predicted molar refractivity (Wildman–Crippen MR) is 83.8 cm³/mol. The van der Waals surface area contributed by atoms with E-state index in [0.717, 1.165) is 33.5 Å². The summed E-state index contributed by atoms with van der Waals surface area (Å²) in [4.78, 5) is 0. The molecule has 0 bridgehead atoms. The van der Waals surface area contributed by atoms with Crippen LogP contribution in [0.15, 0.2) is 52.9 Å². The topological polar surface area (TPSA) is 65.3 Å². The van der Waals surface area contributed by atoms with Gasteiger partial charge in [0.25, 0.3) is 0 Å². The first kappa shape index (κ1) is 13.9. The molecule has 0 saturated carbocycles. The first-order valence-electron chi connectivity index (χ1n) is 6.53. The summed E-state index contributed by atoms with van der Waals surface area (Å²) in [5, 5.41) is 3.86. The molecule has 3 aromatic rings. The molecule has 0 spiro atoms. The lowest BCUT2D eigenvalue weighted by Gasteiger charge is -2.07. The molecule has 1 aromatic heterocycles. The Morgan fingerprint density at radius 1 is 1.19 bits per heavy atom. The summed E-state index contributed by atoms with van der Waals surface area (Å²) in [6.45, 7) is 2.02. The Bertz CT molecular complexity index is 796. The zero-order chi connectivity index (χ0) is 14.8. The van der Waals surface area contributed by atoms with Gasteiger partial charge in [-0.05, 0) is 30.1 Å². The normalized spacial score (nSPS) is 12.5. The molecule has 0 saturated heterocycles. The average Bonchev–Trinajstić information content (AvgIpc) is 2.83. The van der Waals surface area contributed by atoms with Crippen LogP contribution in [0.4, 0.5) is 5.69 Å². The van der Waals surface area contributed by atoms with Crippen LogP contribution in [-0.2, 0) is 11.1 Å². The fourth-order valence-corrected chi connectivity index (χ4v) is 2.63. The predicted octanol–water partition coefficient (Wildman–Crippen LogP) is 3.66. The van der Waals surface area contributed by atoms with Gasteiger partial charge in [0.05, 0.1) is 5.88 Å². The molecule has 4 nitrogen and oxygen atoms in total. The summed E-state index contributed by atoms with van der Waals surface area (Å²) in [6.07, 6.45) is 0. The van der Waals surface area contributed by atoms with Crippen LogP contribution in [0.25, 0.3) is 22.3 Å². The molecule has 0 aliphatic rings. The molecule has 1 heterocycles. The second kappa shape index (κ2) is 5.71. The minimum absolute atomic E-state index is 0.114. The Hall–Kier alpha value is -2.11. The number of furan rings is 1. The molecule has 1 N–H and O–H groups in total. The van der Waals surface area contributed by atoms with Crippen molar-refractivity contribution >= 4 is 27.7 Å². The zero-order valence-corrected chi connectivity index (χ0v) is 12.3. The smallest absolute Gasteiger partial charge is 0.138 e. The van der Waals surface area contributed by atoms with E-state index in [1.54, 1.807) is 0 Å². The molecule has 0 fully saturated rings. The monoisotopic (exact) mass is 300 g/mol. The Kier molecular flexibility index (Phi) is 3.77. The summed E-state index contributed by atoms with van der Waals surface area (Å²) < 4.78 is 27.1. The molecule has 21 heavy (non-hydrogen) atoms. The van der Waals surface area contributed by atoms with Crippen molar-refractivity contribution < 1.29 is 13.2 Å². The van der Waals surface area contributed by atoms with Gasteiger partial charge in [-0.15, -0.1) is 0 Å². The van der Waals surface area contributed by atoms with Crippen LogP contribution < -0.4 is 5.32 Å². The molecule has 1 unspecified atom stereocenters. The van der Waals surface area contributed by atoms with Gasteiger partial charge in [0.1, 0.15) is 11.3 Å². The highest BCUT2D eigenvalue weighted by Gasteiger charge is 2.12. The second-order valence-electron chi connectivity index (χ2n) is 4.76. The van der Waals surface area contributed by atoms with Crippen molar-refractivity contribution in [3.63, 3.8) is 0 Å². The van der Waals surface area contributed by atoms with Crippen LogP contribution >= 0.6 is 0 Å². The number of anilines is 1. The first-order chi connectivity index (χ1) is 10.1. The standard InChI is InChI=1S/C16H15NO3S/c1-11-14-8-7-13(17-10-21(18)19)9-15(14)20-16(11)12-5-3-2-4-6-12/h2-9,17H,10H2,1H3,(H,18,19)/p-1. The molecule has 2 aromatic carbocycles. The van der Waals surface area contributed by atoms with E-state index >= 15 is 0 Å². The fraction of sp³-hybridized carbons (Fsp3) is 0.125. The highest BCUT2D eigenvalue weighted by atomic mass is 32.2. The van der Waals surface area contributed by atoms with E-state index in [1.807, 2.05) is 55.5 Å². The maximum atomic E-state index is 10.6. The maximum Gasteiger partial charge on any atom is 0.138 e. The quantitative estimate of drug-likeness (QED) is 0.747. The lowest BCUT2D eigenvalue weighted by Crippen LogP contribution is -2.06. The Morgan fingerprint density at radius 2 is 1.95 bits per heavy atom. The summed E-state index contributed by atoms with van der Waals surface area (Å²) >= 11 is -2.12. The minimum Gasteiger partial charge on any atom is -0.771 e. The average molecular weight is 300 g/mol. The van der Waals surface area contributed by atoms with Crippen molar-refractivity contribution in [2.45, 2.75) is 6.92 Å². The van der Waals surface area contributed by atoms with E-state index in [0.29, 0.717) is 0 Å². The fourth-order valence-electron chi connectivity index (χ4n) is 2.34. The number of hydrogen-bond donors (Lipinski definition) is 1.